The molecule has 0 spiro atoms. The zero-order valence-electron chi connectivity index (χ0n) is 10.5. The average Bonchev–Trinajstić information content (AvgIpc) is 3.06. The highest BCUT2D eigenvalue weighted by molar-refractivity contribution is 5.10. The van der Waals surface area contributed by atoms with Gasteiger partial charge in [0.25, 0.3) is 0 Å². The Morgan fingerprint density at radius 1 is 1.41 bits per heavy atom. The van der Waals surface area contributed by atoms with Crippen molar-refractivity contribution in [1.29, 1.82) is 0 Å². The van der Waals surface area contributed by atoms with E-state index < -0.39 is 5.60 Å². The van der Waals surface area contributed by atoms with E-state index in [1.54, 1.807) is 6.20 Å². The summed E-state index contributed by atoms with van der Waals surface area (Å²) in [6.07, 6.45) is 8.68. The van der Waals surface area contributed by atoms with E-state index in [1.807, 2.05) is 11.6 Å². The lowest BCUT2D eigenvalue weighted by Crippen LogP contribution is -2.35. The molecule has 0 radical (unpaired) electrons. The largest absolute Gasteiger partial charge is 0.383 e. The molecule has 94 valence electrons. The molecule has 0 amide bonds. The Morgan fingerprint density at radius 2 is 2.24 bits per heavy atom. The van der Waals surface area contributed by atoms with Crippen LogP contribution < -0.4 is 0 Å². The molecule has 2 saturated carbocycles. The Labute approximate surface area is 102 Å². The van der Waals surface area contributed by atoms with Crippen molar-refractivity contribution in [2.75, 3.05) is 0 Å². The maximum Gasteiger partial charge on any atom is 0.108 e. The van der Waals surface area contributed by atoms with Crippen molar-refractivity contribution in [3.63, 3.8) is 0 Å². The van der Waals surface area contributed by atoms with Gasteiger partial charge in [0.15, 0.2) is 0 Å². The lowest BCUT2D eigenvalue weighted by Gasteiger charge is -2.36. The van der Waals surface area contributed by atoms with E-state index in [2.05, 4.69) is 10.3 Å². The molecule has 0 bridgehead atoms. The second-order valence-electron chi connectivity index (χ2n) is 5.66. The fourth-order valence-electron chi connectivity index (χ4n) is 3.35. The SMILES string of the molecule is CCn1nncc1C1(O)CCCC(C2CC2)C1. The quantitative estimate of drug-likeness (QED) is 0.872. The van der Waals surface area contributed by atoms with E-state index in [4.69, 9.17) is 0 Å². The lowest BCUT2D eigenvalue weighted by molar-refractivity contribution is -0.0322. The summed E-state index contributed by atoms with van der Waals surface area (Å²) in [4.78, 5) is 0. The third-order valence-corrected chi connectivity index (χ3v) is 4.45. The molecule has 0 saturated heterocycles. The Bertz CT molecular complexity index is 399. The number of aryl methyl sites for hydroxylation is 1. The molecule has 1 aromatic heterocycles. The Morgan fingerprint density at radius 3 is 2.94 bits per heavy atom. The van der Waals surface area contributed by atoms with E-state index >= 15 is 0 Å². The number of aromatic nitrogens is 3. The van der Waals surface area contributed by atoms with Gasteiger partial charge in [0.2, 0.25) is 0 Å². The number of aliphatic hydroxyl groups is 1. The molecule has 1 N–H and O–H groups in total. The molecule has 2 aliphatic rings. The molecule has 17 heavy (non-hydrogen) atoms. The Balaban J connectivity index is 1.83. The van der Waals surface area contributed by atoms with Crippen LogP contribution in [-0.2, 0) is 12.1 Å². The molecule has 1 aromatic rings. The first-order valence-corrected chi connectivity index (χ1v) is 6.84. The van der Waals surface area contributed by atoms with Gasteiger partial charge in [-0.2, -0.15) is 0 Å². The van der Waals surface area contributed by atoms with Gasteiger partial charge in [-0.3, -0.25) is 0 Å². The van der Waals surface area contributed by atoms with Crippen molar-refractivity contribution < 1.29 is 5.11 Å². The number of nitrogens with zero attached hydrogens (tertiary/aromatic N) is 3. The van der Waals surface area contributed by atoms with E-state index in [9.17, 15) is 5.11 Å². The van der Waals surface area contributed by atoms with Crippen LogP contribution in [0.2, 0.25) is 0 Å². The van der Waals surface area contributed by atoms with Crippen LogP contribution in [-0.4, -0.2) is 20.1 Å². The maximum absolute atomic E-state index is 10.9. The first-order chi connectivity index (χ1) is 8.23. The molecule has 2 unspecified atom stereocenters. The number of hydrogen-bond donors (Lipinski definition) is 1. The number of hydrogen-bond acceptors (Lipinski definition) is 3. The topological polar surface area (TPSA) is 50.9 Å². The minimum Gasteiger partial charge on any atom is -0.383 e. The predicted octanol–water partition coefficient (Wildman–Crippen LogP) is 2.09. The Kier molecular flexibility index (Phi) is 2.69. The Hall–Kier alpha value is -0.900. The highest BCUT2D eigenvalue weighted by Gasteiger charge is 2.43. The average molecular weight is 235 g/mol. The minimum atomic E-state index is -0.676. The van der Waals surface area contributed by atoms with Gasteiger partial charge in [0, 0.05) is 6.54 Å². The van der Waals surface area contributed by atoms with Gasteiger partial charge in [-0.25, -0.2) is 4.68 Å². The van der Waals surface area contributed by atoms with E-state index in [-0.39, 0.29) is 0 Å². The van der Waals surface area contributed by atoms with Crippen LogP contribution >= 0.6 is 0 Å². The zero-order valence-corrected chi connectivity index (χ0v) is 10.5. The molecule has 4 nitrogen and oxygen atoms in total. The molecule has 1 heterocycles. The second kappa shape index (κ2) is 4.09. The van der Waals surface area contributed by atoms with E-state index in [0.717, 1.165) is 37.4 Å². The smallest absolute Gasteiger partial charge is 0.108 e. The van der Waals surface area contributed by atoms with Crippen LogP contribution in [0, 0.1) is 11.8 Å². The normalized spacial score (nSPS) is 33.9. The summed E-state index contributed by atoms with van der Waals surface area (Å²) in [6, 6.07) is 0. The standard InChI is InChI=1S/C13H21N3O/c1-2-16-12(9-14-15-16)13(17)7-3-4-11(8-13)10-5-6-10/h9-11,17H,2-8H2,1H3. The van der Waals surface area contributed by atoms with Crippen molar-refractivity contribution in [3.8, 4) is 0 Å². The maximum atomic E-state index is 10.9. The van der Waals surface area contributed by atoms with Crippen LogP contribution in [0.1, 0.15) is 51.1 Å². The van der Waals surface area contributed by atoms with Crippen molar-refractivity contribution in [1.82, 2.24) is 15.0 Å². The fraction of sp³-hybridized carbons (Fsp3) is 0.846. The van der Waals surface area contributed by atoms with Crippen LogP contribution in [0.15, 0.2) is 6.20 Å². The molecule has 2 atom stereocenters. The van der Waals surface area contributed by atoms with Gasteiger partial charge < -0.3 is 5.11 Å². The summed E-state index contributed by atoms with van der Waals surface area (Å²) < 4.78 is 1.84. The molecule has 0 aliphatic heterocycles. The van der Waals surface area contributed by atoms with Crippen molar-refractivity contribution in [2.45, 2.75) is 57.6 Å². The van der Waals surface area contributed by atoms with Crippen molar-refractivity contribution in [2.24, 2.45) is 11.8 Å². The lowest BCUT2D eigenvalue weighted by atomic mass is 9.74. The van der Waals surface area contributed by atoms with Gasteiger partial charge in [0.1, 0.15) is 5.60 Å². The number of rotatable bonds is 3. The first-order valence-electron chi connectivity index (χ1n) is 6.84. The van der Waals surface area contributed by atoms with Crippen molar-refractivity contribution in [3.05, 3.63) is 11.9 Å². The summed E-state index contributed by atoms with van der Waals surface area (Å²) in [5.41, 5.74) is 0.246. The molecule has 2 fully saturated rings. The summed E-state index contributed by atoms with van der Waals surface area (Å²) in [6.45, 7) is 2.83. The van der Waals surface area contributed by atoms with Crippen LogP contribution in [0.3, 0.4) is 0 Å². The molecule has 2 aliphatic carbocycles. The van der Waals surface area contributed by atoms with Gasteiger partial charge in [-0.1, -0.05) is 5.21 Å². The minimum absolute atomic E-state index is 0.676. The van der Waals surface area contributed by atoms with E-state index in [1.165, 1.54) is 19.3 Å². The van der Waals surface area contributed by atoms with E-state index in [0.29, 0.717) is 5.92 Å². The molecule has 3 rings (SSSR count). The monoisotopic (exact) mass is 235 g/mol. The molecule has 0 aromatic carbocycles. The van der Waals surface area contributed by atoms with Crippen LogP contribution in [0.4, 0.5) is 0 Å². The van der Waals surface area contributed by atoms with Gasteiger partial charge >= 0.3 is 0 Å². The fourth-order valence-corrected chi connectivity index (χ4v) is 3.35. The molecular formula is C13H21N3O. The third kappa shape index (κ3) is 1.99. The molecule has 4 heteroatoms. The van der Waals surface area contributed by atoms with Crippen LogP contribution in [0.5, 0.6) is 0 Å². The third-order valence-electron chi connectivity index (χ3n) is 4.45. The molecular weight excluding hydrogens is 214 g/mol. The second-order valence-corrected chi connectivity index (χ2v) is 5.66. The van der Waals surface area contributed by atoms with Gasteiger partial charge in [-0.15, -0.1) is 5.10 Å². The first kappa shape index (κ1) is 11.2. The summed E-state index contributed by atoms with van der Waals surface area (Å²) in [7, 11) is 0. The highest BCUT2D eigenvalue weighted by Crippen LogP contribution is 2.49. The highest BCUT2D eigenvalue weighted by atomic mass is 16.3. The van der Waals surface area contributed by atoms with Crippen LogP contribution in [0.25, 0.3) is 0 Å². The predicted molar refractivity (Wildman–Crippen MR) is 64.3 cm³/mol. The summed E-state index contributed by atoms with van der Waals surface area (Å²) >= 11 is 0. The van der Waals surface area contributed by atoms with Gasteiger partial charge in [-0.05, 0) is 57.3 Å². The van der Waals surface area contributed by atoms with Crippen molar-refractivity contribution >= 4 is 0 Å². The zero-order chi connectivity index (χ0) is 11.9. The summed E-state index contributed by atoms with van der Waals surface area (Å²) in [5.74, 6) is 1.60. The van der Waals surface area contributed by atoms with Gasteiger partial charge in [0.05, 0.1) is 11.9 Å². The summed E-state index contributed by atoms with van der Waals surface area (Å²) in [5, 5.41) is 18.9.